The third kappa shape index (κ3) is 3.28. The second kappa shape index (κ2) is 6.60. The highest BCUT2D eigenvalue weighted by atomic mass is 28.4. The monoisotopic (exact) mass is 286 g/mol. The zero-order valence-electron chi connectivity index (χ0n) is 11.7. The first kappa shape index (κ1) is 15.6. The summed E-state index contributed by atoms with van der Waals surface area (Å²) in [5.41, 5.74) is 0.698. The van der Waals surface area contributed by atoms with Gasteiger partial charge in [0.2, 0.25) is 0 Å². The van der Waals surface area contributed by atoms with Crippen molar-refractivity contribution in [2.24, 2.45) is 0 Å². The molecule has 0 spiro atoms. The summed E-state index contributed by atoms with van der Waals surface area (Å²) in [7, 11) is 2.04. The molecule has 6 heteroatoms. The summed E-state index contributed by atoms with van der Waals surface area (Å²) in [6, 6.07) is 10.1. The topological polar surface area (TPSA) is 36.9 Å². The minimum atomic E-state index is -2.49. The molecule has 18 heavy (non-hydrogen) atoms. The zero-order valence-corrected chi connectivity index (χ0v) is 13.7. The van der Waals surface area contributed by atoms with Gasteiger partial charge in [-0.2, -0.15) is 0 Å². The van der Waals surface area contributed by atoms with Crippen molar-refractivity contribution in [2.45, 2.75) is 12.2 Å². The molecule has 102 valence electrons. The molecule has 0 unspecified atom stereocenters. The van der Waals surface area contributed by atoms with Crippen molar-refractivity contribution in [3.05, 3.63) is 30.3 Å². The highest BCUT2D eigenvalue weighted by Crippen LogP contribution is 2.22. The van der Waals surface area contributed by atoms with Gasteiger partial charge < -0.3 is 17.7 Å². The number of hydrogen-bond donors (Lipinski definition) is 0. The number of benzene rings is 1. The Morgan fingerprint density at radius 3 is 1.72 bits per heavy atom. The Balaban J connectivity index is 3.08. The molecule has 0 amide bonds. The van der Waals surface area contributed by atoms with Gasteiger partial charge in [-0.05, 0) is 11.7 Å². The van der Waals surface area contributed by atoms with Crippen LogP contribution in [-0.2, 0) is 17.7 Å². The van der Waals surface area contributed by atoms with E-state index in [0.29, 0.717) is 5.67 Å². The van der Waals surface area contributed by atoms with Crippen molar-refractivity contribution in [1.29, 1.82) is 0 Å². The molecular formula is C12H22O4Si2. The van der Waals surface area contributed by atoms with E-state index in [1.807, 2.05) is 36.9 Å². The Morgan fingerprint density at radius 2 is 1.33 bits per heavy atom. The average molecular weight is 286 g/mol. The Labute approximate surface area is 111 Å². The highest BCUT2D eigenvalue weighted by Gasteiger charge is 2.48. The third-order valence-corrected chi connectivity index (χ3v) is 12.0. The Morgan fingerprint density at radius 1 is 0.833 bits per heavy atom. The molecule has 0 radical (unpaired) electrons. The van der Waals surface area contributed by atoms with Crippen molar-refractivity contribution < 1.29 is 17.7 Å². The SMILES string of the molecule is CO[Si](C)(C[Si](OC)(OC)c1ccccc1)OC. The molecule has 0 aliphatic rings. The summed E-state index contributed by atoms with van der Waals surface area (Å²) < 4.78 is 22.6. The molecular weight excluding hydrogens is 264 g/mol. The third-order valence-electron chi connectivity index (χ3n) is 3.29. The van der Waals surface area contributed by atoms with Crippen molar-refractivity contribution in [1.82, 2.24) is 0 Å². The molecule has 0 saturated carbocycles. The lowest BCUT2D eigenvalue weighted by Gasteiger charge is -2.33. The van der Waals surface area contributed by atoms with Crippen LogP contribution >= 0.6 is 0 Å². The molecule has 0 saturated heterocycles. The predicted molar refractivity (Wildman–Crippen MR) is 76.3 cm³/mol. The maximum absolute atomic E-state index is 5.76. The van der Waals surface area contributed by atoms with Crippen LogP contribution in [0.2, 0.25) is 12.2 Å². The van der Waals surface area contributed by atoms with Gasteiger partial charge in [0.25, 0.3) is 0 Å². The summed E-state index contributed by atoms with van der Waals surface area (Å²) in [6.45, 7) is 2.02. The van der Waals surface area contributed by atoms with Crippen LogP contribution in [0.5, 0.6) is 0 Å². The fraction of sp³-hybridized carbons (Fsp3) is 0.500. The highest BCUT2D eigenvalue weighted by molar-refractivity contribution is 6.92. The van der Waals surface area contributed by atoms with Gasteiger partial charge in [-0.3, -0.25) is 0 Å². The second-order valence-electron chi connectivity index (χ2n) is 4.25. The van der Waals surface area contributed by atoms with Crippen LogP contribution in [0, 0.1) is 0 Å². The summed E-state index contributed by atoms with van der Waals surface area (Å²) in [4.78, 5) is 0. The van der Waals surface area contributed by atoms with Crippen molar-refractivity contribution in [3.63, 3.8) is 0 Å². The van der Waals surface area contributed by atoms with Crippen molar-refractivity contribution in [3.8, 4) is 0 Å². The Bertz CT molecular complexity index is 350. The zero-order chi connectivity index (χ0) is 13.6. The van der Waals surface area contributed by atoms with Crippen LogP contribution in [-0.4, -0.2) is 45.6 Å². The molecule has 0 aromatic heterocycles. The molecule has 1 rings (SSSR count). The first-order chi connectivity index (χ1) is 8.55. The Kier molecular flexibility index (Phi) is 5.70. The second-order valence-corrected chi connectivity index (χ2v) is 11.6. The number of rotatable bonds is 7. The van der Waals surface area contributed by atoms with E-state index in [4.69, 9.17) is 17.7 Å². The minimum absolute atomic E-state index is 0.698. The molecule has 0 aliphatic carbocycles. The van der Waals surface area contributed by atoms with Gasteiger partial charge in [0.15, 0.2) is 0 Å². The largest absolute Gasteiger partial charge is 0.398 e. The predicted octanol–water partition coefficient (Wildman–Crippen LogP) is 1.53. The minimum Gasteiger partial charge on any atom is -0.398 e. The molecule has 0 aliphatic heterocycles. The van der Waals surface area contributed by atoms with Crippen molar-refractivity contribution in [2.75, 3.05) is 28.4 Å². The van der Waals surface area contributed by atoms with E-state index in [-0.39, 0.29) is 0 Å². The van der Waals surface area contributed by atoms with Crippen LogP contribution in [0.3, 0.4) is 0 Å². The summed E-state index contributed by atoms with van der Waals surface area (Å²) >= 11 is 0. The van der Waals surface area contributed by atoms with Gasteiger partial charge in [-0.25, -0.2) is 0 Å². The molecule has 0 bridgehead atoms. The molecule has 0 fully saturated rings. The Hall–Kier alpha value is -0.506. The normalized spacial score (nSPS) is 12.7. The van der Waals surface area contributed by atoms with E-state index in [9.17, 15) is 0 Å². The van der Waals surface area contributed by atoms with Gasteiger partial charge in [0, 0.05) is 34.1 Å². The average Bonchev–Trinajstić information content (AvgIpc) is 2.45. The molecule has 0 heterocycles. The van der Waals surface area contributed by atoms with E-state index in [1.54, 1.807) is 28.4 Å². The maximum Gasteiger partial charge on any atom is 0.373 e. The van der Waals surface area contributed by atoms with E-state index >= 15 is 0 Å². The molecule has 1 aromatic carbocycles. The molecule has 1 aromatic rings. The van der Waals surface area contributed by atoms with Crippen LogP contribution in [0.4, 0.5) is 0 Å². The standard InChI is InChI=1S/C12H22O4Si2/c1-13-17(5,14-2)11-18(15-3,16-4)12-9-7-6-8-10-12/h6-10H,11H2,1-5H3. The first-order valence-electron chi connectivity index (χ1n) is 5.82. The molecule has 4 nitrogen and oxygen atoms in total. The van der Waals surface area contributed by atoms with E-state index < -0.39 is 17.1 Å². The fourth-order valence-electron chi connectivity index (χ4n) is 1.91. The van der Waals surface area contributed by atoms with Gasteiger partial charge >= 0.3 is 17.1 Å². The van der Waals surface area contributed by atoms with Gasteiger partial charge in [-0.15, -0.1) is 0 Å². The molecule has 0 atom stereocenters. The maximum atomic E-state index is 5.76. The smallest absolute Gasteiger partial charge is 0.373 e. The summed E-state index contributed by atoms with van der Waals surface area (Å²) in [5.74, 6) is 0. The van der Waals surface area contributed by atoms with Crippen LogP contribution in [0.15, 0.2) is 30.3 Å². The van der Waals surface area contributed by atoms with Crippen LogP contribution in [0.1, 0.15) is 0 Å². The van der Waals surface area contributed by atoms with Gasteiger partial charge in [0.05, 0.1) is 0 Å². The first-order valence-corrected chi connectivity index (χ1v) is 10.4. The van der Waals surface area contributed by atoms with E-state index in [0.717, 1.165) is 5.19 Å². The van der Waals surface area contributed by atoms with Gasteiger partial charge in [0.1, 0.15) is 0 Å². The van der Waals surface area contributed by atoms with E-state index in [2.05, 4.69) is 0 Å². The van der Waals surface area contributed by atoms with Crippen LogP contribution in [0.25, 0.3) is 0 Å². The fourth-order valence-corrected chi connectivity index (χ4v) is 9.92. The lowest BCUT2D eigenvalue weighted by atomic mass is 10.4. The van der Waals surface area contributed by atoms with Crippen molar-refractivity contribution >= 4 is 22.3 Å². The summed E-state index contributed by atoms with van der Waals surface area (Å²) in [6.07, 6.45) is 0. The van der Waals surface area contributed by atoms with E-state index in [1.165, 1.54) is 0 Å². The lowest BCUT2D eigenvalue weighted by molar-refractivity contribution is 0.231. The van der Waals surface area contributed by atoms with Crippen LogP contribution < -0.4 is 5.19 Å². The van der Waals surface area contributed by atoms with Gasteiger partial charge in [-0.1, -0.05) is 30.3 Å². The summed E-state index contributed by atoms with van der Waals surface area (Å²) in [5, 5.41) is 1.10. The number of hydrogen-bond acceptors (Lipinski definition) is 4. The molecule has 0 N–H and O–H groups in total. The lowest BCUT2D eigenvalue weighted by Crippen LogP contribution is -2.59. The quantitative estimate of drug-likeness (QED) is 0.713.